The lowest BCUT2D eigenvalue weighted by molar-refractivity contribution is 0.102. The van der Waals surface area contributed by atoms with E-state index in [0.29, 0.717) is 45.6 Å². The Labute approximate surface area is 219 Å². The Balaban J connectivity index is 1.41. The van der Waals surface area contributed by atoms with Crippen LogP contribution in [0.15, 0.2) is 103 Å². The van der Waals surface area contributed by atoms with E-state index >= 15 is 0 Å². The van der Waals surface area contributed by atoms with Gasteiger partial charge in [-0.25, -0.2) is 9.97 Å². The van der Waals surface area contributed by atoms with E-state index in [1.807, 2.05) is 48.5 Å². The number of nitrogen functional groups attached to an aromatic ring is 1. The second-order valence-electron chi connectivity index (χ2n) is 8.70. The van der Waals surface area contributed by atoms with Crippen molar-refractivity contribution in [1.82, 2.24) is 9.97 Å². The lowest BCUT2D eigenvalue weighted by Crippen LogP contribution is -2.12. The van der Waals surface area contributed by atoms with Gasteiger partial charge in [-0.1, -0.05) is 18.2 Å². The van der Waals surface area contributed by atoms with Gasteiger partial charge in [-0.15, -0.1) is 0 Å². The molecule has 5 heterocycles. The second kappa shape index (κ2) is 9.94. The Kier molecular flexibility index (Phi) is 6.03. The third kappa shape index (κ3) is 4.96. The van der Waals surface area contributed by atoms with Gasteiger partial charge in [0.1, 0.15) is 23.9 Å². The van der Waals surface area contributed by atoms with Crippen molar-refractivity contribution in [2.24, 2.45) is 0 Å². The minimum Gasteiger partial charge on any atom is -0.489 e. The maximum atomic E-state index is 12.8. The number of nitrogens with one attached hydrogen (secondary N) is 2. The van der Waals surface area contributed by atoms with Crippen molar-refractivity contribution in [3.8, 4) is 28.5 Å². The van der Waals surface area contributed by atoms with Gasteiger partial charge in [0.25, 0.3) is 5.91 Å². The van der Waals surface area contributed by atoms with Crippen molar-refractivity contribution in [2.75, 3.05) is 16.4 Å². The van der Waals surface area contributed by atoms with Gasteiger partial charge in [-0.3, -0.25) is 4.79 Å². The lowest BCUT2D eigenvalue weighted by atomic mass is 10.1. The molecule has 8 heteroatoms. The highest BCUT2D eigenvalue weighted by atomic mass is 16.5. The Bertz CT molecular complexity index is 1620. The molecule has 1 amide bonds. The molecule has 0 aliphatic carbocycles. The molecular formula is C30H23N5O3. The predicted octanol–water partition coefficient (Wildman–Crippen LogP) is 6.41. The van der Waals surface area contributed by atoms with E-state index in [2.05, 4.69) is 20.6 Å². The van der Waals surface area contributed by atoms with Crippen molar-refractivity contribution in [3.63, 3.8) is 0 Å². The average Bonchev–Trinajstić information content (AvgIpc) is 2.94. The number of aromatic nitrogens is 2. The first-order chi connectivity index (χ1) is 18.6. The fraction of sp³-hybridized carbons (Fsp3) is 0.0333. The molecular weight excluding hydrogens is 478 g/mol. The number of rotatable bonds is 2. The van der Waals surface area contributed by atoms with Gasteiger partial charge in [-0.05, 0) is 78.9 Å². The summed E-state index contributed by atoms with van der Waals surface area (Å²) in [4.78, 5) is 21.8. The summed E-state index contributed by atoms with van der Waals surface area (Å²) in [6.07, 6.45) is 1.66. The van der Waals surface area contributed by atoms with Crippen molar-refractivity contribution >= 4 is 28.9 Å². The average molecular weight is 502 g/mol. The molecule has 4 N–H and O–H groups in total. The first-order valence-electron chi connectivity index (χ1n) is 12.0. The number of amides is 1. The third-order valence-corrected chi connectivity index (χ3v) is 6.04. The van der Waals surface area contributed by atoms with Crippen molar-refractivity contribution < 1.29 is 14.3 Å². The summed E-state index contributed by atoms with van der Waals surface area (Å²) in [5.74, 6) is 2.17. The zero-order valence-corrected chi connectivity index (χ0v) is 20.2. The Morgan fingerprint density at radius 1 is 0.842 bits per heavy atom. The Hall–Kier alpha value is -5.37. The molecule has 0 saturated carbocycles. The van der Waals surface area contributed by atoms with Crippen LogP contribution in [0.25, 0.3) is 11.3 Å². The first-order valence-corrected chi connectivity index (χ1v) is 12.0. The molecule has 8 bridgehead atoms. The Morgan fingerprint density at radius 2 is 1.66 bits per heavy atom. The monoisotopic (exact) mass is 501 g/mol. The highest BCUT2D eigenvalue weighted by Gasteiger charge is 2.14. The standard InChI is InChI=1S/C30H23N5O3/c31-26-17-19-6-12-25(26)27-14-15-32-30(35-27)34-22-9-13-28(38-24-4-2-1-3-5-24)20(16-22)18-37-23-10-7-21(8-11-23)33-29(19)36/h1-17H,18,31H2,(H,33,36)(H,32,34,35). The lowest BCUT2D eigenvalue weighted by Gasteiger charge is -2.15. The maximum absolute atomic E-state index is 12.8. The number of carbonyl (C=O) groups is 1. The fourth-order valence-electron chi connectivity index (χ4n) is 4.12. The van der Waals surface area contributed by atoms with Crippen LogP contribution >= 0.6 is 0 Å². The van der Waals surface area contributed by atoms with Gasteiger partial charge in [-0.2, -0.15) is 0 Å². The Morgan fingerprint density at radius 3 is 2.47 bits per heavy atom. The van der Waals surface area contributed by atoms with E-state index in [4.69, 9.17) is 15.2 Å². The van der Waals surface area contributed by atoms with Crippen LogP contribution in [-0.2, 0) is 6.61 Å². The van der Waals surface area contributed by atoms with E-state index < -0.39 is 0 Å². The van der Waals surface area contributed by atoms with Gasteiger partial charge < -0.3 is 25.8 Å². The molecule has 1 aromatic heterocycles. The van der Waals surface area contributed by atoms with Crippen molar-refractivity contribution in [3.05, 3.63) is 114 Å². The number of hydrogen-bond acceptors (Lipinski definition) is 7. The molecule has 186 valence electrons. The van der Waals surface area contributed by atoms with Crippen LogP contribution in [0.4, 0.5) is 23.0 Å². The third-order valence-electron chi connectivity index (χ3n) is 6.04. The van der Waals surface area contributed by atoms with Crippen LogP contribution in [0.5, 0.6) is 17.2 Å². The summed E-state index contributed by atoms with van der Waals surface area (Å²) in [5, 5.41) is 6.16. The normalized spacial score (nSPS) is 12.4. The predicted molar refractivity (Wildman–Crippen MR) is 147 cm³/mol. The highest BCUT2D eigenvalue weighted by molar-refractivity contribution is 6.05. The van der Waals surface area contributed by atoms with Gasteiger partial charge >= 0.3 is 0 Å². The number of nitrogens with two attached hydrogens (primary N) is 1. The van der Waals surface area contributed by atoms with Crippen LogP contribution < -0.4 is 25.8 Å². The van der Waals surface area contributed by atoms with E-state index in [1.54, 1.807) is 54.7 Å². The summed E-state index contributed by atoms with van der Waals surface area (Å²) in [7, 11) is 0. The number of benzene rings is 4. The van der Waals surface area contributed by atoms with Crippen LogP contribution in [0.1, 0.15) is 15.9 Å². The smallest absolute Gasteiger partial charge is 0.255 e. The zero-order valence-electron chi connectivity index (χ0n) is 20.2. The van der Waals surface area contributed by atoms with E-state index in [9.17, 15) is 4.79 Å². The van der Waals surface area contributed by atoms with Gasteiger partial charge in [0.15, 0.2) is 0 Å². The molecule has 8 nitrogen and oxygen atoms in total. The summed E-state index contributed by atoms with van der Waals surface area (Å²) in [5.41, 5.74) is 10.8. The number of carbonyl (C=O) groups excluding carboxylic acids is 1. The number of ether oxygens (including phenoxy) is 2. The van der Waals surface area contributed by atoms with Gasteiger partial charge in [0.2, 0.25) is 5.95 Å². The fourth-order valence-corrected chi connectivity index (χ4v) is 4.12. The molecule has 0 radical (unpaired) electrons. The SMILES string of the molecule is Nc1cc2ccc1-c1ccnc(n1)Nc1ccc(Oc3ccccc3)c(c1)COc1ccc(cc1)NC2=O. The largest absolute Gasteiger partial charge is 0.489 e. The van der Waals surface area contributed by atoms with E-state index in [1.165, 1.54) is 0 Å². The molecule has 0 unspecified atom stereocenters. The molecule has 5 aromatic rings. The van der Waals surface area contributed by atoms with Crippen LogP contribution in [0, 0.1) is 0 Å². The van der Waals surface area contributed by atoms with Crippen LogP contribution in [-0.4, -0.2) is 15.9 Å². The van der Waals surface area contributed by atoms with Crippen LogP contribution in [0.3, 0.4) is 0 Å². The zero-order chi connectivity index (χ0) is 25.9. The number of nitrogens with zero attached hydrogens (tertiary/aromatic N) is 2. The molecule has 4 aliphatic heterocycles. The van der Waals surface area contributed by atoms with Crippen molar-refractivity contribution in [1.29, 1.82) is 0 Å². The quantitative estimate of drug-likeness (QED) is 0.240. The molecule has 38 heavy (non-hydrogen) atoms. The summed E-state index contributed by atoms with van der Waals surface area (Å²) >= 11 is 0. The number of para-hydroxylation sites is 1. The van der Waals surface area contributed by atoms with Crippen LogP contribution in [0.2, 0.25) is 0 Å². The molecule has 9 rings (SSSR count). The molecule has 0 fully saturated rings. The second-order valence-corrected chi connectivity index (χ2v) is 8.70. The summed E-state index contributed by atoms with van der Waals surface area (Å²) in [6.45, 7) is 0.254. The maximum Gasteiger partial charge on any atom is 0.255 e. The molecule has 4 aliphatic rings. The van der Waals surface area contributed by atoms with Crippen molar-refractivity contribution in [2.45, 2.75) is 6.61 Å². The minimum absolute atomic E-state index is 0.254. The van der Waals surface area contributed by atoms with E-state index in [0.717, 1.165) is 17.0 Å². The molecule has 0 atom stereocenters. The topological polar surface area (TPSA) is 111 Å². The first kappa shape index (κ1) is 23.1. The van der Waals surface area contributed by atoms with Gasteiger partial charge in [0, 0.05) is 39.9 Å². The summed E-state index contributed by atoms with van der Waals surface area (Å²) < 4.78 is 12.2. The number of hydrogen-bond donors (Lipinski definition) is 3. The van der Waals surface area contributed by atoms with Gasteiger partial charge in [0.05, 0.1) is 5.69 Å². The summed E-state index contributed by atoms with van der Waals surface area (Å²) in [6, 6.07) is 29.4. The van der Waals surface area contributed by atoms with E-state index in [-0.39, 0.29) is 12.5 Å². The number of anilines is 4. The molecule has 0 saturated heterocycles. The minimum atomic E-state index is -0.265. The molecule has 4 aromatic carbocycles. The molecule has 0 spiro atoms. The highest BCUT2D eigenvalue weighted by Crippen LogP contribution is 2.31.